The van der Waals surface area contributed by atoms with E-state index in [1.165, 1.54) is 88.3 Å². The summed E-state index contributed by atoms with van der Waals surface area (Å²) in [5.41, 5.74) is 18.8. The maximum absolute atomic E-state index is 2.45. The number of rotatable bonds is 4. The number of nitrogens with zero attached hydrogens (tertiary/aromatic N) is 1. The number of fused-ring (bicyclic) bond motifs is 6. The molecule has 0 N–H and O–H groups in total. The molecule has 9 aromatic rings. The van der Waals surface area contributed by atoms with Crippen LogP contribution in [-0.2, 0) is 0 Å². The highest BCUT2D eigenvalue weighted by Crippen LogP contribution is 2.57. The molecular formula is C50H31N. The van der Waals surface area contributed by atoms with Crippen molar-refractivity contribution >= 4 is 38.6 Å². The molecule has 0 amide bonds. The van der Waals surface area contributed by atoms with Crippen molar-refractivity contribution in [2.75, 3.05) is 4.90 Å². The summed E-state index contributed by atoms with van der Waals surface area (Å²) in [6.45, 7) is 0. The Labute approximate surface area is 297 Å². The third kappa shape index (κ3) is 4.22. The molecule has 0 atom stereocenters. The molecule has 1 nitrogen and oxygen atoms in total. The molecule has 0 saturated heterocycles. The van der Waals surface area contributed by atoms with Crippen molar-refractivity contribution in [3.05, 3.63) is 188 Å². The molecule has 2 aliphatic carbocycles. The Kier molecular flexibility index (Phi) is 6.02. The molecule has 6 bridgehead atoms. The first-order valence-electron chi connectivity index (χ1n) is 17.7. The Bertz CT molecular complexity index is 2850. The topological polar surface area (TPSA) is 3.24 Å². The van der Waals surface area contributed by atoms with Crippen molar-refractivity contribution in [3.8, 4) is 66.8 Å². The fraction of sp³-hybridized carbons (Fsp3) is 0. The molecule has 0 heterocycles. The van der Waals surface area contributed by atoms with E-state index in [2.05, 4.69) is 193 Å². The van der Waals surface area contributed by atoms with Gasteiger partial charge < -0.3 is 4.90 Å². The van der Waals surface area contributed by atoms with Crippen molar-refractivity contribution in [1.82, 2.24) is 0 Å². The van der Waals surface area contributed by atoms with Gasteiger partial charge in [0.2, 0.25) is 0 Å². The van der Waals surface area contributed by atoms with Crippen LogP contribution in [0.2, 0.25) is 0 Å². The lowest BCUT2D eigenvalue weighted by atomic mass is 9.83. The van der Waals surface area contributed by atoms with Gasteiger partial charge in [-0.15, -0.1) is 0 Å². The van der Waals surface area contributed by atoms with Gasteiger partial charge in [-0.05, 0) is 119 Å². The molecule has 0 aromatic heterocycles. The minimum atomic E-state index is 1.12. The normalized spacial score (nSPS) is 11.9. The van der Waals surface area contributed by atoms with Crippen LogP contribution < -0.4 is 4.90 Å². The van der Waals surface area contributed by atoms with E-state index in [9.17, 15) is 0 Å². The second-order valence-corrected chi connectivity index (χ2v) is 13.7. The van der Waals surface area contributed by atoms with Crippen LogP contribution in [0.25, 0.3) is 88.3 Å². The molecule has 0 unspecified atom stereocenters. The first kappa shape index (κ1) is 28.2. The lowest BCUT2D eigenvalue weighted by Crippen LogP contribution is -2.11. The minimum Gasteiger partial charge on any atom is -0.310 e. The van der Waals surface area contributed by atoms with Gasteiger partial charge >= 0.3 is 0 Å². The van der Waals surface area contributed by atoms with Crippen LogP contribution in [0.4, 0.5) is 17.1 Å². The summed E-state index contributed by atoms with van der Waals surface area (Å²) < 4.78 is 0. The van der Waals surface area contributed by atoms with Crippen LogP contribution in [0.15, 0.2) is 188 Å². The lowest BCUT2D eigenvalue weighted by molar-refractivity contribution is 1.30. The van der Waals surface area contributed by atoms with Gasteiger partial charge in [-0.25, -0.2) is 0 Å². The fourth-order valence-corrected chi connectivity index (χ4v) is 8.66. The van der Waals surface area contributed by atoms with Crippen molar-refractivity contribution in [3.63, 3.8) is 0 Å². The molecule has 9 aromatic carbocycles. The summed E-state index contributed by atoms with van der Waals surface area (Å²) in [6.07, 6.45) is 0. The van der Waals surface area contributed by atoms with Gasteiger partial charge in [0.05, 0.1) is 5.69 Å². The number of benzene rings is 9. The monoisotopic (exact) mass is 645 g/mol. The van der Waals surface area contributed by atoms with Crippen LogP contribution in [0.3, 0.4) is 0 Å². The largest absolute Gasteiger partial charge is 0.310 e. The summed E-state index contributed by atoms with van der Waals surface area (Å²) in [5.74, 6) is 0. The summed E-state index contributed by atoms with van der Waals surface area (Å²) in [6, 6.07) is 69.5. The fourth-order valence-electron chi connectivity index (χ4n) is 8.66. The van der Waals surface area contributed by atoms with E-state index in [1.807, 2.05) is 0 Å². The minimum absolute atomic E-state index is 1.12. The summed E-state index contributed by atoms with van der Waals surface area (Å²) in [5, 5.41) is 4.94. The van der Waals surface area contributed by atoms with Crippen molar-refractivity contribution in [2.45, 2.75) is 0 Å². The molecule has 236 valence electrons. The van der Waals surface area contributed by atoms with Crippen LogP contribution >= 0.6 is 0 Å². The predicted molar refractivity (Wildman–Crippen MR) is 216 cm³/mol. The van der Waals surface area contributed by atoms with Crippen LogP contribution in [0.1, 0.15) is 0 Å². The predicted octanol–water partition coefficient (Wildman–Crippen LogP) is 14.1. The van der Waals surface area contributed by atoms with Crippen molar-refractivity contribution in [2.24, 2.45) is 0 Å². The third-order valence-corrected chi connectivity index (χ3v) is 10.9. The zero-order valence-electron chi connectivity index (χ0n) is 27.8. The summed E-state index contributed by atoms with van der Waals surface area (Å²) >= 11 is 0. The molecule has 0 fully saturated rings. The second kappa shape index (κ2) is 10.9. The quantitative estimate of drug-likeness (QED) is 0.184. The average Bonchev–Trinajstić information content (AvgIpc) is 3.30. The Hall–Kier alpha value is -6.70. The zero-order chi connectivity index (χ0) is 33.5. The molecule has 0 aliphatic heterocycles. The zero-order valence-corrected chi connectivity index (χ0v) is 27.8. The van der Waals surface area contributed by atoms with Gasteiger partial charge in [0.15, 0.2) is 0 Å². The third-order valence-electron chi connectivity index (χ3n) is 10.9. The molecule has 0 radical (unpaired) electrons. The Morgan fingerprint density at radius 2 is 0.824 bits per heavy atom. The van der Waals surface area contributed by atoms with E-state index in [4.69, 9.17) is 0 Å². The second-order valence-electron chi connectivity index (χ2n) is 13.7. The average molecular weight is 646 g/mol. The van der Waals surface area contributed by atoms with Gasteiger partial charge in [-0.3, -0.25) is 0 Å². The highest BCUT2D eigenvalue weighted by atomic mass is 15.1. The van der Waals surface area contributed by atoms with Crippen LogP contribution in [-0.4, -0.2) is 0 Å². The van der Waals surface area contributed by atoms with Crippen molar-refractivity contribution in [1.29, 1.82) is 0 Å². The molecule has 0 spiro atoms. The molecule has 2 aliphatic rings. The molecule has 1 heteroatoms. The highest BCUT2D eigenvalue weighted by Gasteiger charge is 2.31. The van der Waals surface area contributed by atoms with Crippen LogP contribution in [0, 0.1) is 0 Å². The Morgan fingerprint density at radius 1 is 0.275 bits per heavy atom. The summed E-state index contributed by atoms with van der Waals surface area (Å²) in [4.78, 5) is 2.45. The highest BCUT2D eigenvalue weighted by molar-refractivity contribution is 6.15. The van der Waals surface area contributed by atoms with Crippen molar-refractivity contribution < 1.29 is 0 Å². The number of hydrogen-bond donors (Lipinski definition) is 0. The van der Waals surface area contributed by atoms with Gasteiger partial charge in [0, 0.05) is 16.8 Å². The van der Waals surface area contributed by atoms with Gasteiger partial charge in [0.1, 0.15) is 0 Å². The molecule has 11 rings (SSSR count). The standard InChI is InChI=1S/C50H31N/c1-2-13-34-29-36(26-25-32(34)11-1)35-15-7-16-37(30-35)51(48-24-8-14-33-12-3-4-17-39(33)48)38-27-28-41-44-21-10-22-45-46-23-9-20-43(50(46)47(41)31-38)40-18-5-6-19-42(40)49(44)45/h1-31H. The number of anilines is 3. The smallest absolute Gasteiger partial charge is 0.0540 e. The van der Waals surface area contributed by atoms with Gasteiger partial charge in [-0.1, -0.05) is 152 Å². The van der Waals surface area contributed by atoms with E-state index in [1.54, 1.807) is 0 Å². The first-order chi connectivity index (χ1) is 25.3. The first-order valence-corrected chi connectivity index (χ1v) is 17.7. The summed E-state index contributed by atoms with van der Waals surface area (Å²) in [7, 11) is 0. The Morgan fingerprint density at radius 3 is 1.65 bits per heavy atom. The van der Waals surface area contributed by atoms with Crippen LogP contribution in [0.5, 0.6) is 0 Å². The lowest BCUT2D eigenvalue weighted by Gasteiger charge is -2.29. The van der Waals surface area contributed by atoms with E-state index >= 15 is 0 Å². The maximum atomic E-state index is 2.45. The van der Waals surface area contributed by atoms with E-state index in [0.717, 1.165) is 17.1 Å². The SMILES string of the molecule is c1cc(-c2ccc3ccccc3c2)cc(N(c2ccc3c(c2)-c2c4cccc2-c2cccc-3c2-c2ccccc2-4)c2cccc3ccccc23)c1. The Balaban J connectivity index is 1.17. The van der Waals surface area contributed by atoms with E-state index < -0.39 is 0 Å². The molecule has 0 saturated carbocycles. The maximum Gasteiger partial charge on any atom is 0.0540 e. The van der Waals surface area contributed by atoms with Gasteiger partial charge in [-0.2, -0.15) is 0 Å². The molecule has 51 heavy (non-hydrogen) atoms. The van der Waals surface area contributed by atoms with E-state index in [-0.39, 0.29) is 0 Å². The molecular weight excluding hydrogens is 615 g/mol. The van der Waals surface area contributed by atoms with E-state index in [0.29, 0.717) is 0 Å². The van der Waals surface area contributed by atoms with Gasteiger partial charge in [0.25, 0.3) is 0 Å². The number of hydrogen-bond acceptors (Lipinski definition) is 1.